The average molecular weight is 472 g/mol. The van der Waals surface area contributed by atoms with E-state index in [0.717, 1.165) is 56.6 Å². The maximum atomic E-state index is 12.8. The number of rotatable bonds is 7. The SMILES string of the molecule is CCCN(CC(=O)Nc1ccc(N2CCN(C(=O)NC(C)(C)C)CC2)cc1)C(=O)C1CCCC1. The van der Waals surface area contributed by atoms with Crippen LogP contribution in [0.15, 0.2) is 24.3 Å². The monoisotopic (exact) mass is 471 g/mol. The van der Waals surface area contributed by atoms with E-state index in [2.05, 4.69) is 15.5 Å². The molecule has 0 radical (unpaired) electrons. The number of urea groups is 1. The van der Waals surface area contributed by atoms with Crippen LogP contribution in [-0.2, 0) is 9.59 Å². The van der Waals surface area contributed by atoms with Crippen molar-refractivity contribution in [3.8, 4) is 0 Å². The van der Waals surface area contributed by atoms with Gasteiger partial charge < -0.3 is 25.3 Å². The molecule has 0 unspecified atom stereocenters. The van der Waals surface area contributed by atoms with Crippen LogP contribution in [0.25, 0.3) is 0 Å². The van der Waals surface area contributed by atoms with Crippen molar-refractivity contribution in [2.24, 2.45) is 5.92 Å². The van der Waals surface area contributed by atoms with Crippen molar-refractivity contribution in [1.29, 1.82) is 0 Å². The Labute approximate surface area is 204 Å². The van der Waals surface area contributed by atoms with Crippen molar-refractivity contribution in [3.63, 3.8) is 0 Å². The van der Waals surface area contributed by atoms with Gasteiger partial charge in [0.15, 0.2) is 0 Å². The first-order valence-corrected chi connectivity index (χ1v) is 12.7. The topological polar surface area (TPSA) is 85.0 Å². The van der Waals surface area contributed by atoms with Crippen LogP contribution in [0.5, 0.6) is 0 Å². The van der Waals surface area contributed by atoms with Gasteiger partial charge in [0.2, 0.25) is 11.8 Å². The van der Waals surface area contributed by atoms with Gasteiger partial charge in [0, 0.05) is 55.6 Å². The summed E-state index contributed by atoms with van der Waals surface area (Å²) in [5.74, 6) is 0.0461. The van der Waals surface area contributed by atoms with Gasteiger partial charge in [0.25, 0.3) is 0 Å². The van der Waals surface area contributed by atoms with E-state index in [-0.39, 0.29) is 35.8 Å². The lowest BCUT2D eigenvalue weighted by atomic mass is 10.1. The fourth-order valence-electron chi connectivity index (χ4n) is 4.67. The molecular formula is C26H41N5O3. The van der Waals surface area contributed by atoms with Crippen LogP contribution in [0.3, 0.4) is 0 Å². The zero-order chi connectivity index (χ0) is 24.7. The van der Waals surface area contributed by atoms with Gasteiger partial charge in [0.1, 0.15) is 0 Å². The molecule has 1 aliphatic carbocycles. The number of benzene rings is 1. The summed E-state index contributed by atoms with van der Waals surface area (Å²) in [4.78, 5) is 43.6. The fourth-order valence-corrected chi connectivity index (χ4v) is 4.67. The van der Waals surface area contributed by atoms with Gasteiger partial charge in [-0.15, -0.1) is 0 Å². The zero-order valence-corrected chi connectivity index (χ0v) is 21.2. The molecule has 3 rings (SSSR count). The lowest BCUT2D eigenvalue weighted by Crippen LogP contribution is -2.55. The first-order valence-electron chi connectivity index (χ1n) is 12.7. The highest BCUT2D eigenvalue weighted by molar-refractivity contribution is 5.95. The van der Waals surface area contributed by atoms with Gasteiger partial charge in [-0.25, -0.2) is 4.79 Å². The number of hydrogen-bond donors (Lipinski definition) is 2. The summed E-state index contributed by atoms with van der Waals surface area (Å²) < 4.78 is 0. The fraction of sp³-hybridized carbons (Fsp3) is 0.654. The first kappa shape index (κ1) is 25.8. The smallest absolute Gasteiger partial charge is 0.317 e. The van der Waals surface area contributed by atoms with E-state index < -0.39 is 0 Å². The third-order valence-electron chi connectivity index (χ3n) is 6.41. The van der Waals surface area contributed by atoms with E-state index >= 15 is 0 Å². The molecule has 8 nitrogen and oxygen atoms in total. The Kier molecular flexibility index (Phi) is 8.80. The molecule has 4 amide bonds. The number of hydrogen-bond acceptors (Lipinski definition) is 4. The van der Waals surface area contributed by atoms with Gasteiger partial charge in [-0.2, -0.15) is 0 Å². The lowest BCUT2D eigenvalue weighted by molar-refractivity contribution is -0.138. The summed E-state index contributed by atoms with van der Waals surface area (Å²) >= 11 is 0. The van der Waals surface area contributed by atoms with Crippen molar-refractivity contribution < 1.29 is 14.4 Å². The van der Waals surface area contributed by atoms with Crippen LogP contribution in [0.4, 0.5) is 16.2 Å². The molecule has 0 bridgehead atoms. The van der Waals surface area contributed by atoms with E-state index in [4.69, 9.17) is 0 Å². The van der Waals surface area contributed by atoms with Crippen molar-refractivity contribution in [1.82, 2.24) is 15.1 Å². The number of nitrogens with one attached hydrogen (secondary N) is 2. The largest absolute Gasteiger partial charge is 0.368 e. The lowest BCUT2D eigenvalue weighted by Gasteiger charge is -2.37. The standard InChI is InChI=1S/C26H41N5O3/c1-5-14-31(24(33)20-8-6-7-9-20)19-23(32)27-21-10-12-22(13-11-21)29-15-17-30(18-16-29)25(34)28-26(2,3)4/h10-13,20H,5-9,14-19H2,1-4H3,(H,27,32)(H,28,34). The van der Waals surface area contributed by atoms with Gasteiger partial charge in [-0.05, 0) is 64.3 Å². The number of nitrogens with zero attached hydrogens (tertiary/aromatic N) is 3. The van der Waals surface area contributed by atoms with Crippen molar-refractivity contribution in [2.45, 2.75) is 65.3 Å². The number of carbonyl (C=O) groups excluding carboxylic acids is 3. The summed E-state index contributed by atoms with van der Waals surface area (Å²) in [5, 5.41) is 5.95. The molecule has 8 heteroatoms. The minimum absolute atomic E-state index is 0.0197. The molecule has 34 heavy (non-hydrogen) atoms. The Morgan fingerprint density at radius 1 is 1.00 bits per heavy atom. The van der Waals surface area contributed by atoms with Crippen molar-refractivity contribution >= 4 is 29.2 Å². The third-order valence-corrected chi connectivity index (χ3v) is 6.41. The summed E-state index contributed by atoms with van der Waals surface area (Å²) in [6.07, 6.45) is 4.93. The highest BCUT2D eigenvalue weighted by Gasteiger charge is 2.28. The molecule has 2 N–H and O–H groups in total. The quantitative estimate of drug-likeness (QED) is 0.635. The predicted octanol–water partition coefficient (Wildman–Crippen LogP) is 3.68. The molecule has 0 spiro atoms. The van der Waals surface area contributed by atoms with Gasteiger partial charge in [-0.3, -0.25) is 9.59 Å². The summed E-state index contributed by atoms with van der Waals surface area (Å²) in [6, 6.07) is 7.76. The molecule has 2 aliphatic rings. The predicted molar refractivity (Wildman–Crippen MR) is 136 cm³/mol. The first-order chi connectivity index (χ1) is 16.2. The number of piperazine rings is 1. The summed E-state index contributed by atoms with van der Waals surface area (Å²) in [7, 11) is 0. The highest BCUT2D eigenvalue weighted by Crippen LogP contribution is 2.26. The zero-order valence-electron chi connectivity index (χ0n) is 21.2. The van der Waals surface area contributed by atoms with E-state index in [1.165, 1.54) is 0 Å². The Bertz CT molecular complexity index is 835. The van der Waals surface area contributed by atoms with Crippen molar-refractivity contribution in [3.05, 3.63) is 24.3 Å². The maximum absolute atomic E-state index is 12.8. The van der Waals surface area contributed by atoms with Crippen LogP contribution in [-0.4, -0.2) is 72.5 Å². The minimum Gasteiger partial charge on any atom is -0.368 e. The van der Waals surface area contributed by atoms with Gasteiger partial charge in [-0.1, -0.05) is 19.8 Å². The molecule has 1 saturated heterocycles. The van der Waals surface area contributed by atoms with Crippen molar-refractivity contribution in [2.75, 3.05) is 49.5 Å². The van der Waals surface area contributed by atoms with Crippen LogP contribution < -0.4 is 15.5 Å². The number of anilines is 2. The Morgan fingerprint density at radius 3 is 2.18 bits per heavy atom. The molecule has 1 aliphatic heterocycles. The molecule has 1 saturated carbocycles. The molecule has 0 aromatic heterocycles. The normalized spacial score (nSPS) is 16.9. The number of carbonyl (C=O) groups is 3. The molecular weight excluding hydrogens is 430 g/mol. The highest BCUT2D eigenvalue weighted by atomic mass is 16.2. The molecule has 2 fully saturated rings. The Morgan fingerprint density at radius 2 is 1.62 bits per heavy atom. The van der Waals surface area contributed by atoms with E-state index in [9.17, 15) is 14.4 Å². The second kappa shape index (κ2) is 11.6. The maximum Gasteiger partial charge on any atom is 0.317 e. The van der Waals surface area contributed by atoms with Crippen LogP contribution >= 0.6 is 0 Å². The molecule has 188 valence electrons. The second-order valence-electron chi connectivity index (χ2n) is 10.5. The Hall–Kier alpha value is -2.77. The summed E-state index contributed by atoms with van der Waals surface area (Å²) in [5.41, 5.74) is 1.55. The summed E-state index contributed by atoms with van der Waals surface area (Å²) in [6.45, 7) is 11.6. The molecule has 1 aromatic rings. The van der Waals surface area contributed by atoms with E-state index in [1.54, 1.807) is 4.90 Å². The average Bonchev–Trinajstić information content (AvgIpc) is 3.33. The molecule has 1 aromatic carbocycles. The van der Waals surface area contributed by atoms with E-state index in [0.29, 0.717) is 19.6 Å². The Balaban J connectivity index is 1.49. The minimum atomic E-state index is -0.244. The van der Waals surface area contributed by atoms with Crippen LogP contribution in [0, 0.1) is 5.92 Å². The van der Waals surface area contributed by atoms with Gasteiger partial charge in [0.05, 0.1) is 6.54 Å². The third kappa shape index (κ3) is 7.37. The van der Waals surface area contributed by atoms with Crippen LogP contribution in [0.1, 0.15) is 59.8 Å². The molecule has 0 atom stereocenters. The number of amides is 4. The molecule has 1 heterocycles. The van der Waals surface area contributed by atoms with E-state index in [1.807, 2.05) is 56.9 Å². The van der Waals surface area contributed by atoms with Gasteiger partial charge >= 0.3 is 6.03 Å². The second-order valence-corrected chi connectivity index (χ2v) is 10.5. The van der Waals surface area contributed by atoms with Crippen LogP contribution in [0.2, 0.25) is 0 Å².